The van der Waals surface area contributed by atoms with E-state index in [-0.39, 0.29) is 17.6 Å². The number of rotatable bonds is 4. The van der Waals surface area contributed by atoms with Crippen molar-refractivity contribution in [3.05, 3.63) is 33.6 Å². The van der Waals surface area contributed by atoms with Gasteiger partial charge in [0.15, 0.2) is 5.75 Å². The van der Waals surface area contributed by atoms with Gasteiger partial charge in [-0.2, -0.15) is 0 Å². The van der Waals surface area contributed by atoms with Crippen molar-refractivity contribution >= 4 is 34.2 Å². The summed E-state index contributed by atoms with van der Waals surface area (Å²) in [6.45, 7) is 6.21. The fourth-order valence-corrected chi connectivity index (χ4v) is 3.56. The van der Waals surface area contributed by atoms with E-state index in [1.807, 2.05) is 23.6 Å². The molecule has 2 heterocycles. The molecule has 0 saturated carbocycles. The number of fused-ring (bicyclic) bond motifs is 1. The number of anilines is 1. The zero-order valence-corrected chi connectivity index (χ0v) is 15.4. The maximum atomic E-state index is 12.8. The molecule has 5 nitrogen and oxygen atoms in total. The minimum atomic E-state index is -0.413. The third kappa shape index (κ3) is 3.52. The van der Waals surface area contributed by atoms with Gasteiger partial charge in [0, 0.05) is 26.1 Å². The topological polar surface area (TPSA) is 51.5 Å². The number of esters is 1. The van der Waals surface area contributed by atoms with Gasteiger partial charge >= 0.3 is 5.97 Å². The van der Waals surface area contributed by atoms with E-state index in [1.54, 1.807) is 13.1 Å². The van der Waals surface area contributed by atoms with Crippen LogP contribution in [0.2, 0.25) is 5.02 Å². The summed E-state index contributed by atoms with van der Waals surface area (Å²) in [7, 11) is 0. The lowest BCUT2D eigenvalue weighted by Gasteiger charge is -2.30. The number of benzene rings is 1. The fourth-order valence-electron chi connectivity index (χ4n) is 3.28. The Balaban J connectivity index is 2.16. The number of piperidine rings is 1. The van der Waals surface area contributed by atoms with Gasteiger partial charge in [0.2, 0.25) is 5.43 Å². The first kappa shape index (κ1) is 17.8. The Kier molecular flexibility index (Phi) is 5.33. The second-order valence-corrected chi connectivity index (χ2v) is 6.71. The van der Waals surface area contributed by atoms with E-state index >= 15 is 0 Å². The van der Waals surface area contributed by atoms with E-state index in [0.29, 0.717) is 17.0 Å². The average Bonchev–Trinajstić information content (AvgIpc) is 2.64. The van der Waals surface area contributed by atoms with Gasteiger partial charge < -0.3 is 14.2 Å². The van der Waals surface area contributed by atoms with Crippen LogP contribution in [0.1, 0.15) is 39.5 Å². The van der Waals surface area contributed by atoms with Crippen molar-refractivity contribution in [2.45, 2.75) is 46.1 Å². The van der Waals surface area contributed by atoms with Gasteiger partial charge in [-0.15, -0.1) is 0 Å². The lowest BCUT2D eigenvalue weighted by molar-refractivity contribution is -0.134. The number of carbonyl (C=O) groups excluding carboxylic acids is 1. The van der Waals surface area contributed by atoms with Gasteiger partial charge in [-0.3, -0.25) is 9.59 Å². The van der Waals surface area contributed by atoms with E-state index in [0.717, 1.165) is 37.1 Å². The molecule has 0 atom stereocenters. The number of ether oxygens (including phenoxy) is 1. The van der Waals surface area contributed by atoms with Gasteiger partial charge in [-0.25, -0.2) is 0 Å². The first-order chi connectivity index (χ1) is 12.0. The third-order valence-corrected chi connectivity index (χ3v) is 4.97. The minimum absolute atomic E-state index is 0.0770. The minimum Gasteiger partial charge on any atom is -0.421 e. The highest BCUT2D eigenvalue weighted by Crippen LogP contribution is 2.32. The van der Waals surface area contributed by atoms with E-state index < -0.39 is 5.97 Å². The molecule has 0 unspecified atom stereocenters. The molecule has 3 rings (SSSR count). The SMILES string of the molecule is CCC(=O)Oc1cn(CC)c2cc(Cl)c(N3CCCCC3)cc2c1=O. The van der Waals surface area contributed by atoms with Crippen molar-refractivity contribution in [2.75, 3.05) is 18.0 Å². The quantitative estimate of drug-likeness (QED) is 0.772. The molecule has 1 fully saturated rings. The summed E-state index contributed by atoms with van der Waals surface area (Å²) in [6, 6.07) is 3.69. The van der Waals surface area contributed by atoms with Crippen LogP contribution in [-0.4, -0.2) is 23.6 Å². The highest BCUT2D eigenvalue weighted by molar-refractivity contribution is 6.34. The number of carbonyl (C=O) groups is 1. The summed E-state index contributed by atoms with van der Waals surface area (Å²) >= 11 is 6.52. The van der Waals surface area contributed by atoms with Crippen LogP contribution in [0.15, 0.2) is 23.1 Å². The summed E-state index contributed by atoms with van der Waals surface area (Å²) in [6.07, 6.45) is 5.29. The van der Waals surface area contributed by atoms with E-state index in [9.17, 15) is 9.59 Å². The van der Waals surface area contributed by atoms with Crippen molar-refractivity contribution in [1.29, 1.82) is 0 Å². The molecule has 0 amide bonds. The van der Waals surface area contributed by atoms with Gasteiger partial charge in [0.1, 0.15) is 0 Å². The third-order valence-electron chi connectivity index (χ3n) is 4.67. The summed E-state index contributed by atoms with van der Waals surface area (Å²) in [5.41, 5.74) is 1.37. The second-order valence-electron chi connectivity index (χ2n) is 6.30. The molecule has 6 heteroatoms. The number of halogens is 1. The van der Waals surface area contributed by atoms with Crippen molar-refractivity contribution in [1.82, 2.24) is 4.57 Å². The second kappa shape index (κ2) is 7.48. The van der Waals surface area contributed by atoms with Crippen molar-refractivity contribution in [3.8, 4) is 5.75 Å². The Hall–Kier alpha value is -2.01. The molecule has 0 radical (unpaired) electrons. The van der Waals surface area contributed by atoms with E-state index in [1.165, 1.54) is 6.42 Å². The number of hydrogen-bond acceptors (Lipinski definition) is 4. The predicted octanol–water partition coefficient (Wildman–Crippen LogP) is 3.98. The van der Waals surface area contributed by atoms with Crippen molar-refractivity contribution < 1.29 is 9.53 Å². The Labute approximate surface area is 152 Å². The Morgan fingerprint density at radius 3 is 2.56 bits per heavy atom. The normalized spacial score (nSPS) is 14.8. The monoisotopic (exact) mass is 362 g/mol. The van der Waals surface area contributed by atoms with Gasteiger partial charge in [0.05, 0.1) is 27.8 Å². The maximum absolute atomic E-state index is 12.8. The van der Waals surface area contributed by atoms with Crippen LogP contribution in [-0.2, 0) is 11.3 Å². The summed E-state index contributed by atoms with van der Waals surface area (Å²) in [5.74, 6) is -0.336. The summed E-state index contributed by atoms with van der Waals surface area (Å²) in [5, 5.41) is 1.18. The smallest absolute Gasteiger partial charge is 0.311 e. The molecule has 2 aromatic rings. The Morgan fingerprint density at radius 2 is 1.92 bits per heavy atom. The van der Waals surface area contributed by atoms with Gasteiger partial charge in [-0.1, -0.05) is 18.5 Å². The summed E-state index contributed by atoms with van der Waals surface area (Å²) in [4.78, 5) is 26.7. The number of aromatic nitrogens is 1. The zero-order chi connectivity index (χ0) is 18.0. The van der Waals surface area contributed by atoms with Crippen LogP contribution in [0, 0.1) is 0 Å². The molecular formula is C19H23ClN2O3. The summed E-state index contributed by atoms with van der Waals surface area (Å²) < 4.78 is 7.13. The van der Waals surface area contributed by atoms with E-state index in [2.05, 4.69) is 4.90 Å². The van der Waals surface area contributed by atoms with E-state index in [4.69, 9.17) is 16.3 Å². The molecular weight excluding hydrogens is 340 g/mol. The van der Waals surface area contributed by atoms with Gasteiger partial charge in [0.25, 0.3) is 0 Å². The lowest BCUT2D eigenvalue weighted by atomic mass is 10.1. The number of nitrogens with zero attached hydrogens (tertiary/aromatic N) is 2. The predicted molar refractivity (Wildman–Crippen MR) is 101 cm³/mol. The molecule has 1 saturated heterocycles. The molecule has 0 spiro atoms. The first-order valence-corrected chi connectivity index (χ1v) is 9.25. The molecule has 25 heavy (non-hydrogen) atoms. The molecule has 1 aliphatic heterocycles. The first-order valence-electron chi connectivity index (χ1n) is 8.87. The van der Waals surface area contributed by atoms with Crippen molar-refractivity contribution in [3.63, 3.8) is 0 Å². The molecule has 0 aliphatic carbocycles. The van der Waals surface area contributed by atoms with Crippen LogP contribution in [0.25, 0.3) is 10.9 Å². The molecule has 134 valence electrons. The molecule has 0 bridgehead atoms. The number of aryl methyl sites for hydroxylation is 1. The van der Waals surface area contributed by atoms with Gasteiger partial charge in [-0.05, 0) is 38.3 Å². The van der Waals surface area contributed by atoms with Crippen molar-refractivity contribution in [2.24, 2.45) is 0 Å². The zero-order valence-electron chi connectivity index (χ0n) is 14.7. The lowest BCUT2D eigenvalue weighted by Crippen LogP contribution is -2.29. The van der Waals surface area contributed by atoms with Crippen LogP contribution >= 0.6 is 11.6 Å². The van der Waals surface area contributed by atoms with Crippen LogP contribution in [0.3, 0.4) is 0 Å². The maximum Gasteiger partial charge on any atom is 0.311 e. The standard InChI is InChI=1S/C19H23ClN2O3/c1-3-18(23)25-17-12-21(4-2)15-11-14(20)16(10-13(15)19(17)24)22-8-6-5-7-9-22/h10-12H,3-9H2,1-2H3. The average molecular weight is 363 g/mol. The van der Waals surface area contributed by atoms with Crippen LogP contribution in [0.4, 0.5) is 5.69 Å². The largest absolute Gasteiger partial charge is 0.421 e. The highest BCUT2D eigenvalue weighted by atomic mass is 35.5. The molecule has 1 aromatic carbocycles. The van der Waals surface area contributed by atoms with Crippen LogP contribution in [0.5, 0.6) is 5.75 Å². The number of hydrogen-bond donors (Lipinski definition) is 0. The molecule has 0 N–H and O–H groups in total. The molecule has 1 aromatic heterocycles. The Morgan fingerprint density at radius 1 is 1.20 bits per heavy atom. The Bertz CT molecular complexity index is 854. The van der Waals surface area contributed by atoms with Crippen LogP contribution < -0.4 is 15.1 Å². The fraction of sp³-hybridized carbons (Fsp3) is 0.474. The highest BCUT2D eigenvalue weighted by Gasteiger charge is 2.18. The number of pyridine rings is 1. The molecule has 1 aliphatic rings.